The monoisotopic (exact) mass is 403 g/mol. The van der Waals surface area contributed by atoms with Crippen molar-refractivity contribution in [3.8, 4) is 5.75 Å². The molecule has 0 radical (unpaired) electrons. The number of ketones is 1. The van der Waals surface area contributed by atoms with Gasteiger partial charge in [-0.25, -0.2) is 0 Å². The minimum absolute atomic E-state index is 0.0335. The van der Waals surface area contributed by atoms with Crippen molar-refractivity contribution in [2.45, 2.75) is 31.6 Å². The van der Waals surface area contributed by atoms with Gasteiger partial charge in [0.15, 0.2) is 5.78 Å². The Balaban J connectivity index is 1.85. The Kier molecular flexibility index (Phi) is 5.53. The van der Waals surface area contributed by atoms with Crippen LogP contribution in [0.15, 0.2) is 70.9 Å². The summed E-state index contributed by atoms with van der Waals surface area (Å²) in [7, 11) is 2.96. The molecular weight excluding hydrogens is 378 g/mol. The van der Waals surface area contributed by atoms with Gasteiger partial charge in [-0.15, -0.1) is 0 Å². The lowest BCUT2D eigenvalue weighted by Crippen LogP contribution is -2.37. The predicted molar refractivity (Wildman–Crippen MR) is 115 cm³/mol. The lowest BCUT2D eigenvalue weighted by atomic mass is 9.69. The number of hydrogen-bond donors (Lipinski definition) is 0. The number of allylic oxidation sites excluding steroid dienone is 2. The van der Waals surface area contributed by atoms with Crippen LogP contribution in [-0.2, 0) is 14.3 Å². The summed E-state index contributed by atoms with van der Waals surface area (Å²) in [4.78, 5) is 30.9. The highest BCUT2D eigenvalue weighted by atomic mass is 16.5. The molecule has 5 nitrogen and oxygen atoms in total. The van der Waals surface area contributed by atoms with Gasteiger partial charge in [0.2, 0.25) is 0 Å². The molecule has 2 aromatic rings. The van der Waals surface area contributed by atoms with E-state index < -0.39 is 17.8 Å². The number of esters is 1. The van der Waals surface area contributed by atoms with Crippen LogP contribution in [0.25, 0.3) is 0 Å². The number of carbonyl (C=O) groups excluding carboxylic acids is 2. The molecule has 0 aromatic heterocycles. The fourth-order valence-corrected chi connectivity index (χ4v) is 4.71. The number of nitrogens with zero attached hydrogens (tertiary/aromatic N) is 1. The Bertz CT molecular complexity index is 1040. The second kappa shape index (κ2) is 8.27. The number of ether oxygens (including phenoxy) is 2. The van der Waals surface area contributed by atoms with Gasteiger partial charge in [-0.3, -0.25) is 14.6 Å². The summed E-state index contributed by atoms with van der Waals surface area (Å²) in [6.07, 6.45) is 1.07. The molecule has 30 heavy (non-hydrogen) atoms. The summed E-state index contributed by atoms with van der Waals surface area (Å²) < 4.78 is 10.7. The minimum atomic E-state index is -0.651. The molecule has 1 unspecified atom stereocenters. The van der Waals surface area contributed by atoms with E-state index in [4.69, 9.17) is 14.5 Å². The maximum atomic E-state index is 13.4. The largest absolute Gasteiger partial charge is 0.496 e. The van der Waals surface area contributed by atoms with Crippen molar-refractivity contribution in [3.63, 3.8) is 0 Å². The first-order valence-corrected chi connectivity index (χ1v) is 10.1. The van der Waals surface area contributed by atoms with E-state index in [0.29, 0.717) is 29.9 Å². The summed E-state index contributed by atoms with van der Waals surface area (Å²) >= 11 is 0. The molecule has 154 valence electrons. The number of Topliss-reactive ketones (excluding diaryl/α,β-unsaturated/α-hetero) is 1. The number of para-hydroxylation sites is 1. The summed E-state index contributed by atoms with van der Waals surface area (Å²) in [5, 5.41) is 0. The van der Waals surface area contributed by atoms with Crippen molar-refractivity contribution < 1.29 is 19.1 Å². The summed E-state index contributed by atoms with van der Waals surface area (Å²) in [6.45, 7) is 1.84. The molecule has 3 atom stereocenters. The van der Waals surface area contributed by atoms with Crippen LogP contribution in [0.3, 0.4) is 0 Å². The third kappa shape index (κ3) is 3.45. The Morgan fingerprint density at radius 3 is 2.40 bits per heavy atom. The second-order valence-corrected chi connectivity index (χ2v) is 7.77. The minimum Gasteiger partial charge on any atom is -0.496 e. The molecule has 0 fully saturated rings. The first kappa shape index (κ1) is 20.1. The van der Waals surface area contributed by atoms with Gasteiger partial charge in [-0.2, -0.15) is 0 Å². The zero-order chi connectivity index (χ0) is 21.3. The third-order valence-electron chi connectivity index (χ3n) is 6.09. The van der Waals surface area contributed by atoms with Crippen molar-refractivity contribution in [3.05, 3.63) is 77.0 Å². The number of methoxy groups -OCH3 is 2. The van der Waals surface area contributed by atoms with E-state index in [2.05, 4.69) is 12.1 Å². The Hall–Kier alpha value is -3.21. The smallest absolute Gasteiger partial charge is 0.315 e. The number of rotatable bonds is 4. The molecule has 0 N–H and O–H groups in total. The van der Waals surface area contributed by atoms with Crippen LogP contribution in [0.5, 0.6) is 5.75 Å². The van der Waals surface area contributed by atoms with Crippen LogP contribution < -0.4 is 4.74 Å². The standard InChI is InChI=1S/C25H25NO4/c1-15-22(25(28)30-3)23(18-11-7-8-12-21(18)29-2)24-19(26-15)13-17(14-20(24)27)16-9-5-4-6-10-16/h4-12,17,22-23H,13-14H2,1-3H3/t17-,22?,23+/m1/s1. The van der Waals surface area contributed by atoms with E-state index in [1.807, 2.05) is 49.4 Å². The van der Waals surface area contributed by atoms with Crippen molar-refractivity contribution in [2.24, 2.45) is 10.9 Å². The highest BCUT2D eigenvalue weighted by Crippen LogP contribution is 2.48. The van der Waals surface area contributed by atoms with Crippen LogP contribution in [-0.4, -0.2) is 31.7 Å². The predicted octanol–water partition coefficient (Wildman–Crippen LogP) is 4.44. The zero-order valence-corrected chi connectivity index (χ0v) is 17.4. The van der Waals surface area contributed by atoms with Gasteiger partial charge in [0, 0.05) is 34.9 Å². The van der Waals surface area contributed by atoms with Crippen LogP contribution in [0.4, 0.5) is 0 Å². The molecule has 2 aliphatic rings. The Morgan fingerprint density at radius 1 is 1.00 bits per heavy atom. The molecule has 4 rings (SSSR count). The topological polar surface area (TPSA) is 65.0 Å². The highest BCUT2D eigenvalue weighted by molar-refractivity contribution is 6.09. The normalized spacial score (nSPS) is 23.5. The van der Waals surface area contributed by atoms with E-state index in [1.165, 1.54) is 7.11 Å². The van der Waals surface area contributed by atoms with Gasteiger partial charge in [0.05, 0.1) is 14.2 Å². The van der Waals surface area contributed by atoms with Crippen LogP contribution in [0.2, 0.25) is 0 Å². The second-order valence-electron chi connectivity index (χ2n) is 7.77. The fourth-order valence-electron chi connectivity index (χ4n) is 4.71. The molecule has 1 heterocycles. The maximum absolute atomic E-state index is 13.4. The number of hydrogen-bond acceptors (Lipinski definition) is 5. The molecule has 2 aromatic carbocycles. The number of benzene rings is 2. The fraction of sp³-hybridized carbons (Fsp3) is 0.320. The van der Waals surface area contributed by atoms with Gasteiger partial charge in [-0.05, 0) is 30.9 Å². The van der Waals surface area contributed by atoms with Gasteiger partial charge >= 0.3 is 5.97 Å². The van der Waals surface area contributed by atoms with E-state index >= 15 is 0 Å². The van der Waals surface area contributed by atoms with E-state index in [-0.39, 0.29) is 11.7 Å². The van der Waals surface area contributed by atoms with Gasteiger partial charge < -0.3 is 9.47 Å². The van der Waals surface area contributed by atoms with E-state index in [9.17, 15) is 9.59 Å². The van der Waals surface area contributed by atoms with Crippen LogP contribution in [0.1, 0.15) is 42.7 Å². The molecular formula is C25H25NO4. The molecule has 0 spiro atoms. The lowest BCUT2D eigenvalue weighted by molar-refractivity contribution is -0.143. The quantitative estimate of drug-likeness (QED) is 0.708. The Morgan fingerprint density at radius 2 is 1.70 bits per heavy atom. The Labute approximate surface area is 176 Å². The zero-order valence-electron chi connectivity index (χ0n) is 17.4. The third-order valence-corrected chi connectivity index (χ3v) is 6.09. The highest BCUT2D eigenvalue weighted by Gasteiger charge is 2.45. The molecule has 0 saturated carbocycles. The van der Waals surface area contributed by atoms with Gasteiger partial charge in [-0.1, -0.05) is 48.5 Å². The molecule has 1 aliphatic carbocycles. The maximum Gasteiger partial charge on any atom is 0.315 e. The summed E-state index contributed by atoms with van der Waals surface area (Å²) in [5.74, 6) is -0.742. The molecule has 5 heteroatoms. The van der Waals surface area contributed by atoms with Gasteiger partial charge in [0.25, 0.3) is 0 Å². The first-order chi connectivity index (χ1) is 14.5. The van der Waals surface area contributed by atoms with E-state index in [1.54, 1.807) is 7.11 Å². The first-order valence-electron chi connectivity index (χ1n) is 10.1. The van der Waals surface area contributed by atoms with Gasteiger partial charge in [0.1, 0.15) is 11.7 Å². The summed E-state index contributed by atoms with van der Waals surface area (Å²) in [5.41, 5.74) is 4.00. The number of aliphatic imine (C=N–C) groups is 1. The summed E-state index contributed by atoms with van der Waals surface area (Å²) in [6, 6.07) is 17.6. The van der Waals surface area contributed by atoms with Crippen molar-refractivity contribution >= 4 is 17.5 Å². The van der Waals surface area contributed by atoms with Crippen molar-refractivity contribution in [1.82, 2.24) is 0 Å². The average Bonchev–Trinajstić information content (AvgIpc) is 2.78. The SMILES string of the molecule is COC(=O)C1C(C)=NC2=C(C(=O)C[C@H](c3ccccc3)C2)[C@H]1c1ccccc1OC. The van der Waals surface area contributed by atoms with Crippen LogP contribution in [0, 0.1) is 5.92 Å². The van der Waals surface area contributed by atoms with E-state index in [0.717, 1.165) is 16.8 Å². The van der Waals surface area contributed by atoms with Crippen molar-refractivity contribution in [2.75, 3.05) is 14.2 Å². The molecule has 0 amide bonds. The van der Waals surface area contributed by atoms with Crippen LogP contribution >= 0.6 is 0 Å². The van der Waals surface area contributed by atoms with Crippen molar-refractivity contribution in [1.29, 1.82) is 0 Å². The molecule has 0 saturated heterocycles. The molecule has 1 aliphatic heterocycles. The number of carbonyl (C=O) groups is 2. The average molecular weight is 403 g/mol. The molecule has 0 bridgehead atoms. The lowest BCUT2D eigenvalue weighted by Gasteiger charge is -2.36.